The Morgan fingerprint density at radius 2 is 2.17 bits per heavy atom. The highest BCUT2D eigenvalue weighted by molar-refractivity contribution is 5.53. The number of methoxy groups -OCH3 is 1. The molecular weight excluding hydrogens is 150 g/mol. The third-order valence-electron chi connectivity index (χ3n) is 1.41. The normalized spacial score (nSPS) is 8.25. The molecular formula is C10H7NO. The highest BCUT2D eigenvalue weighted by atomic mass is 16.5. The minimum atomic E-state index is 0.396. The summed E-state index contributed by atoms with van der Waals surface area (Å²) in [6.07, 6.45) is 12.0. The number of hydrogen-bond acceptors (Lipinski definition) is 2. The average molecular weight is 157 g/mol. The molecule has 2 nitrogen and oxygen atoms in total. The SMILES string of the molecule is C#Cc1ccnc(OC)c1C#C. The van der Waals surface area contributed by atoms with Crippen LogP contribution in [0.1, 0.15) is 11.1 Å². The summed E-state index contributed by atoms with van der Waals surface area (Å²) >= 11 is 0. The molecule has 0 aliphatic carbocycles. The van der Waals surface area contributed by atoms with Crippen LogP contribution in [-0.4, -0.2) is 12.1 Å². The summed E-state index contributed by atoms with van der Waals surface area (Å²) in [6.45, 7) is 0. The van der Waals surface area contributed by atoms with E-state index in [2.05, 4.69) is 16.8 Å². The van der Waals surface area contributed by atoms with E-state index < -0.39 is 0 Å². The monoisotopic (exact) mass is 157 g/mol. The zero-order valence-electron chi connectivity index (χ0n) is 6.66. The topological polar surface area (TPSA) is 22.1 Å². The first kappa shape index (κ1) is 8.17. The van der Waals surface area contributed by atoms with Gasteiger partial charge < -0.3 is 4.74 Å². The van der Waals surface area contributed by atoms with Gasteiger partial charge in [0.15, 0.2) is 0 Å². The van der Waals surface area contributed by atoms with Crippen LogP contribution in [0.25, 0.3) is 0 Å². The Balaban J connectivity index is 3.37. The fourth-order valence-electron chi connectivity index (χ4n) is 0.857. The van der Waals surface area contributed by atoms with Gasteiger partial charge in [0, 0.05) is 11.8 Å². The van der Waals surface area contributed by atoms with Gasteiger partial charge in [-0.15, -0.1) is 12.8 Å². The van der Waals surface area contributed by atoms with E-state index in [1.54, 1.807) is 12.3 Å². The Morgan fingerprint density at radius 1 is 1.42 bits per heavy atom. The van der Waals surface area contributed by atoms with Crippen molar-refractivity contribution in [2.45, 2.75) is 0 Å². The van der Waals surface area contributed by atoms with Crippen molar-refractivity contribution in [3.8, 4) is 30.6 Å². The summed E-state index contributed by atoms with van der Waals surface area (Å²) in [7, 11) is 1.50. The Morgan fingerprint density at radius 3 is 2.67 bits per heavy atom. The second-order valence-corrected chi connectivity index (χ2v) is 2.03. The van der Waals surface area contributed by atoms with Gasteiger partial charge in [-0.3, -0.25) is 0 Å². The molecule has 58 valence electrons. The number of pyridine rings is 1. The zero-order chi connectivity index (χ0) is 8.97. The maximum atomic E-state index is 5.24. The summed E-state index contributed by atoms with van der Waals surface area (Å²) in [6, 6.07) is 1.68. The van der Waals surface area contributed by atoms with Crippen molar-refractivity contribution in [3.05, 3.63) is 23.4 Å². The van der Waals surface area contributed by atoms with E-state index in [1.807, 2.05) is 0 Å². The van der Waals surface area contributed by atoms with Gasteiger partial charge in [-0.1, -0.05) is 11.8 Å². The van der Waals surface area contributed by atoms with E-state index in [1.165, 1.54) is 7.11 Å². The third-order valence-corrected chi connectivity index (χ3v) is 1.41. The lowest BCUT2D eigenvalue weighted by atomic mass is 10.1. The summed E-state index contributed by atoms with van der Waals surface area (Å²) < 4.78 is 4.93. The Kier molecular flexibility index (Phi) is 2.35. The molecule has 1 aromatic heterocycles. The van der Waals surface area contributed by atoms with Crippen molar-refractivity contribution in [1.82, 2.24) is 4.98 Å². The number of aromatic nitrogens is 1. The van der Waals surface area contributed by atoms with E-state index in [9.17, 15) is 0 Å². The van der Waals surface area contributed by atoms with Crippen molar-refractivity contribution in [3.63, 3.8) is 0 Å². The third kappa shape index (κ3) is 1.24. The molecule has 0 aliphatic heterocycles. The second kappa shape index (κ2) is 3.46. The fourth-order valence-corrected chi connectivity index (χ4v) is 0.857. The average Bonchev–Trinajstić information content (AvgIpc) is 2.16. The molecule has 2 heteroatoms. The molecule has 0 radical (unpaired) electrons. The van der Waals surface area contributed by atoms with Crippen LogP contribution in [0, 0.1) is 24.7 Å². The van der Waals surface area contributed by atoms with Gasteiger partial charge >= 0.3 is 0 Å². The summed E-state index contributed by atoms with van der Waals surface area (Å²) in [4.78, 5) is 3.92. The first-order chi connectivity index (χ1) is 5.83. The number of hydrogen-bond donors (Lipinski definition) is 0. The Labute approximate surface area is 71.6 Å². The van der Waals surface area contributed by atoms with Crippen LogP contribution in [0.5, 0.6) is 5.88 Å². The Hall–Kier alpha value is -1.93. The van der Waals surface area contributed by atoms with Crippen molar-refractivity contribution in [2.75, 3.05) is 7.11 Å². The zero-order valence-corrected chi connectivity index (χ0v) is 6.66. The predicted molar refractivity (Wildman–Crippen MR) is 46.7 cm³/mol. The molecule has 0 aliphatic rings. The number of nitrogens with zero attached hydrogens (tertiary/aromatic N) is 1. The van der Waals surface area contributed by atoms with Crippen molar-refractivity contribution < 1.29 is 4.74 Å². The molecule has 0 amide bonds. The van der Waals surface area contributed by atoms with Crippen LogP contribution in [0.3, 0.4) is 0 Å². The van der Waals surface area contributed by atoms with Crippen LogP contribution in [0.2, 0.25) is 0 Å². The molecule has 1 aromatic rings. The van der Waals surface area contributed by atoms with Gasteiger partial charge in [0.1, 0.15) is 5.56 Å². The van der Waals surface area contributed by atoms with Crippen LogP contribution >= 0.6 is 0 Å². The van der Waals surface area contributed by atoms with Crippen molar-refractivity contribution >= 4 is 0 Å². The maximum Gasteiger partial charge on any atom is 0.230 e. The molecule has 0 bridgehead atoms. The molecule has 0 spiro atoms. The van der Waals surface area contributed by atoms with Gasteiger partial charge in [0.25, 0.3) is 0 Å². The van der Waals surface area contributed by atoms with Crippen LogP contribution in [0.4, 0.5) is 0 Å². The Bertz CT molecular complexity index is 368. The summed E-state index contributed by atoms with van der Waals surface area (Å²) in [5.74, 6) is 5.29. The van der Waals surface area contributed by atoms with Gasteiger partial charge in [-0.25, -0.2) is 4.98 Å². The van der Waals surface area contributed by atoms with Gasteiger partial charge in [0.05, 0.1) is 7.11 Å². The lowest BCUT2D eigenvalue weighted by Crippen LogP contribution is -1.93. The predicted octanol–water partition coefficient (Wildman–Crippen LogP) is 1.05. The van der Waals surface area contributed by atoms with E-state index in [4.69, 9.17) is 17.6 Å². The number of terminal acetylenes is 2. The van der Waals surface area contributed by atoms with E-state index in [0.717, 1.165) is 0 Å². The standard InChI is InChI=1S/C10H7NO/c1-4-8-6-7-11-10(12-3)9(8)5-2/h1-2,6-7H,3H3. The van der Waals surface area contributed by atoms with Crippen LogP contribution in [0.15, 0.2) is 12.3 Å². The van der Waals surface area contributed by atoms with Gasteiger partial charge in [-0.05, 0) is 6.07 Å². The molecule has 12 heavy (non-hydrogen) atoms. The smallest absolute Gasteiger partial charge is 0.230 e. The molecule has 0 fully saturated rings. The molecule has 0 unspecified atom stereocenters. The lowest BCUT2D eigenvalue weighted by Gasteiger charge is -2.02. The highest BCUT2D eigenvalue weighted by Crippen LogP contribution is 2.16. The molecule has 1 heterocycles. The van der Waals surface area contributed by atoms with E-state index in [0.29, 0.717) is 17.0 Å². The van der Waals surface area contributed by atoms with E-state index >= 15 is 0 Å². The highest BCUT2D eigenvalue weighted by Gasteiger charge is 2.04. The van der Waals surface area contributed by atoms with E-state index in [-0.39, 0.29) is 0 Å². The van der Waals surface area contributed by atoms with Crippen molar-refractivity contribution in [2.24, 2.45) is 0 Å². The summed E-state index contributed by atoms with van der Waals surface area (Å²) in [5, 5.41) is 0. The molecule has 0 aromatic carbocycles. The van der Waals surface area contributed by atoms with Crippen molar-refractivity contribution in [1.29, 1.82) is 0 Å². The second-order valence-electron chi connectivity index (χ2n) is 2.03. The van der Waals surface area contributed by atoms with Crippen LogP contribution < -0.4 is 4.74 Å². The number of rotatable bonds is 1. The maximum absolute atomic E-state index is 5.24. The summed E-state index contributed by atoms with van der Waals surface area (Å²) in [5.41, 5.74) is 1.16. The quantitative estimate of drug-likeness (QED) is 0.568. The molecule has 0 N–H and O–H groups in total. The minimum Gasteiger partial charge on any atom is -0.480 e. The molecule has 0 saturated carbocycles. The first-order valence-corrected chi connectivity index (χ1v) is 3.29. The number of ether oxygens (including phenoxy) is 1. The molecule has 0 atom stereocenters. The lowest BCUT2D eigenvalue weighted by molar-refractivity contribution is 0.396. The van der Waals surface area contributed by atoms with Gasteiger partial charge in [-0.2, -0.15) is 0 Å². The fraction of sp³-hybridized carbons (Fsp3) is 0.100. The molecule has 1 rings (SSSR count). The molecule has 0 saturated heterocycles. The van der Waals surface area contributed by atoms with Gasteiger partial charge in [0.2, 0.25) is 5.88 Å². The first-order valence-electron chi connectivity index (χ1n) is 3.29. The minimum absolute atomic E-state index is 0.396. The van der Waals surface area contributed by atoms with Crippen LogP contribution in [-0.2, 0) is 0 Å². The largest absolute Gasteiger partial charge is 0.480 e.